The van der Waals surface area contributed by atoms with Crippen LogP contribution in [0.15, 0.2) is 60.7 Å². The van der Waals surface area contributed by atoms with E-state index in [1.807, 2.05) is 0 Å². The second-order valence-corrected chi connectivity index (χ2v) is 6.80. The second kappa shape index (κ2) is 11.9. The molecule has 0 amide bonds. The first kappa shape index (κ1) is 19.1. The summed E-state index contributed by atoms with van der Waals surface area (Å²) < 4.78 is 0. The summed E-state index contributed by atoms with van der Waals surface area (Å²) in [6, 6.07) is 21.6. The van der Waals surface area contributed by atoms with Gasteiger partial charge in [-0.15, -0.1) is 12.4 Å². The van der Waals surface area contributed by atoms with E-state index in [9.17, 15) is 0 Å². The van der Waals surface area contributed by atoms with Gasteiger partial charge in [-0.1, -0.05) is 77.8 Å². The Bertz CT molecular complexity index is 381. The van der Waals surface area contributed by atoms with Crippen LogP contribution >= 0.6 is 29.6 Å². The first-order chi connectivity index (χ1) is 8.45. The predicted molar refractivity (Wildman–Crippen MR) is 90.4 cm³/mol. The molecule has 0 saturated carbocycles. The van der Waals surface area contributed by atoms with Crippen LogP contribution in [0.3, 0.4) is 0 Å². The van der Waals surface area contributed by atoms with Gasteiger partial charge in [-0.05, 0) is 29.4 Å². The van der Waals surface area contributed by atoms with Crippen LogP contribution in [0.4, 0.5) is 0 Å². The van der Waals surface area contributed by atoms with Crippen molar-refractivity contribution in [3.8, 4) is 0 Å². The summed E-state index contributed by atoms with van der Waals surface area (Å²) in [5.74, 6) is 0. The minimum Gasteiger partial charge on any atom is -0.147 e. The van der Waals surface area contributed by atoms with Crippen molar-refractivity contribution in [1.29, 1.82) is 0 Å². The summed E-state index contributed by atoms with van der Waals surface area (Å²) in [5.41, 5.74) is 0. The van der Waals surface area contributed by atoms with Gasteiger partial charge in [0.05, 0.1) is 0 Å². The fourth-order valence-corrected chi connectivity index (χ4v) is 4.16. The Morgan fingerprint density at radius 2 is 1.00 bits per heavy atom. The van der Waals surface area contributed by atoms with Crippen LogP contribution in [-0.4, -0.2) is 12.3 Å². The van der Waals surface area contributed by atoms with Crippen LogP contribution in [0.25, 0.3) is 0 Å². The molecule has 2 aromatic rings. The molecule has 0 saturated heterocycles. The molecule has 0 bridgehead atoms. The topological polar surface area (TPSA) is 0 Å². The van der Waals surface area contributed by atoms with Crippen molar-refractivity contribution < 1.29 is 16.5 Å². The Morgan fingerprint density at radius 3 is 1.37 bits per heavy atom. The van der Waals surface area contributed by atoms with Gasteiger partial charge in [0.1, 0.15) is 0 Å². The maximum absolute atomic E-state index is 2.23. The number of hydrogen-bond acceptors (Lipinski definition) is 0. The van der Waals surface area contributed by atoms with Crippen molar-refractivity contribution in [2.24, 2.45) is 0 Å². The van der Waals surface area contributed by atoms with E-state index >= 15 is 0 Å². The summed E-state index contributed by atoms with van der Waals surface area (Å²) in [7, 11) is 1.95. The summed E-state index contributed by atoms with van der Waals surface area (Å²) in [4.78, 5) is 0. The zero-order valence-electron chi connectivity index (χ0n) is 10.6. The molecule has 0 aliphatic rings. The maximum Gasteiger partial charge on any atom is 0 e. The Labute approximate surface area is 136 Å². The Hall–Kier alpha value is 0.0835. The minimum atomic E-state index is 0. The van der Waals surface area contributed by atoms with E-state index in [2.05, 4.69) is 60.7 Å². The molecule has 0 fully saturated rings. The molecule has 2 atom stereocenters. The van der Waals surface area contributed by atoms with Gasteiger partial charge in [0.25, 0.3) is 0 Å². The summed E-state index contributed by atoms with van der Waals surface area (Å²) in [6.07, 6.45) is 4.02. The third-order valence-electron chi connectivity index (χ3n) is 2.56. The van der Waals surface area contributed by atoms with Gasteiger partial charge >= 0.3 is 0 Å². The van der Waals surface area contributed by atoms with Crippen LogP contribution in [-0.2, 0) is 16.5 Å². The van der Waals surface area contributed by atoms with Crippen molar-refractivity contribution >= 4 is 40.2 Å². The smallest absolute Gasteiger partial charge is 0 e. The Morgan fingerprint density at radius 1 is 0.632 bits per heavy atom. The average Bonchev–Trinajstić information content (AvgIpc) is 2.41. The van der Waals surface area contributed by atoms with Gasteiger partial charge in [-0.3, -0.25) is 0 Å². The van der Waals surface area contributed by atoms with Crippen LogP contribution in [0.5, 0.6) is 0 Å². The van der Waals surface area contributed by atoms with Crippen molar-refractivity contribution in [2.45, 2.75) is 6.42 Å². The zero-order valence-corrected chi connectivity index (χ0v) is 14.4. The third-order valence-corrected chi connectivity index (χ3v) is 5.25. The van der Waals surface area contributed by atoms with E-state index < -0.39 is 0 Å². The predicted octanol–water partition coefficient (Wildman–Crippen LogP) is 3.80. The minimum absolute atomic E-state index is 0. The van der Waals surface area contributed by atoms with Crippen molar-refractivity contribution in [3.63, 3.8) is 0 Å². The molecule has 0 N–H and O–H groups in total. The standard InChI is InChI=1S/C15H18P2.ClH.Ni/c1-3-8-14(9-4-1)16-12-7-13-17-15-10-5-2-6-11-15;;/h1-6,8-11,16-17H,7,12-13H2;1H;. The molecule has 106 valence electrons. The maximum atomic E-state index is 2.23. The quantitative estimate of drug-likeness (QED) is 0.420. The van der Waals surface area contributed by atoms with E-state index in [-0.39, 0.29) is 28.9 Å². The Kier molecular flexibility index (Phi) is 11.9. The van der Waals surface area contributed by atoms with Gasteiger partial charge < -0.3 is 0 Å². The fourth-order valence-electron chi connectivity index (χ4n) is 1.67. The molecule has 0 radical (unpaired) electrons. The first-order valence-corrected chi connectivity index (χ1v) is 8.44. The zero-order chi connectivity index (χ0) is 11.8. The van der Waals surface area contributed by atoms with E-state index in [4.69, 9.17) is 0 Å². The van der Waals surface area contributed by atoms with Crippen molar-refractivity contribution in [1.82, 2.24) is 0 Å². The SMILES string of the molecule is Cl.[Ni].c1ccc(PCCCPc2ccccc2)cc1. The normalized spacial score (nSPS) is 10.5. The Balaban J connectivity index is 0.00000162. The van der Waals surface area contributed by atoms with Crippen LogP contribution < -0.4 is 10.6 Å². The summed E-state index contributed by atoms with van der Waals surface area (Å²) >= 11 is 0. The van der Waals surface area contributed by atoms with Crippen molar-refractivity contribution in [2.75, 3.05) is 12.3 Å². The van der Waals surface area contributed by atoms with Gasteiger partial charge in [0, 0.05) is 16.5 Å². The van der Waals surface area contributed by atoms with Gasteiger partial charge in [-0.25, -0.2) is 0 Å². The number of halogens is 1. The second-order valence-electron chi connectivity index (χ2n) is 3.94. The van der Waals surface area contributed by atoms with E-state index in [0.29, 0.717) is 0 Å². The first-order valence-electron chi connectivity index (χ1n) is 6.03. The summed E-state index contributed by atoms with van der Waals surface area (Å²) in [5, 5.41) is 2.99. The molecule has 0 aromatic heterocycles. The number of benzene rings is 2. The van der Waals surface area contributed by atoms with Crippen molar-refractivity contribution in [3.05, 3.63) is 60.7 Å². The van der Waals surface area contributed by atoms with Gasteiger partial charge in [-0.2, -0.15) is 0 Å². The summed E-state index contributed by atoms with van der Waals surface area (Å²) in [6.45, 7) is 0. The molecule has 2 aromatic carbocycles. The van der Waals surface area contributed by atoms with E-state index in [1.165, 1.54) is 29.4 Å². The molecule has 0 heterocycles. The molecule has 0 aliphatic heterocycles. The monoisotopic (exact) mass is 354 g/mol. The molecular formula is C15H19ClNiP2. The fraction of sp³-hybridized carbons (Fsp3) is 0.200. The van der Waals surface area contributed by atoms with Gasteiger partial charge in [0.15, 0.2) is 0 Å². The molecule has 2 unspecified atom stereocenters. The molecule has 19 heavy (non-hydrogen) atoms. The third kappa shape index (κ3) is 8.07. The molecule has 2 rings (SSSR count). The number of rotatable bonds is 6. The molecule has 4 heteroatoms. The molecule has 0 spiro atoms. The van der Waals surface area contributed by atoms with Crippen LogP contribution in [0.2, 0.25) is 0 Å². The number of hydrogen-bond donors (Lipinski definition) is 0. The van der Waals surface area contributed by atoms with Crippen LogP contribution in [0, 0.1) is 0 Å². The molecular weight excluding hydrogens is 336 g/mol. The van der Waals surface area contributed by atoms with E-state index in [1.54, 1.807) is 0 Å². The molecule has 0 aliphatic carbocycles. The average molecular weight is 355 g/mol. The van der Waals surface area contributed by atoms with Crippen LogP contribution in [0.1, 0.15) is 6.42 Å². The van der Waals surface area contributed by atoms with E-state index in [0.717, 1.165) is 17.2 Å². The largest absolute Gasteiger partial charge is 0.147 e. The molecule has 0 nitrogen and oxygen atoms in total. The van der Waals surface area contributed by atoms with Gasteiger partial charge in [0.2, 0.25) is 0 Å².